The van der Waals surface area contributed by atoms with Crippen molar-refractivity contribution >= 4 is 27.6 Å². The van der Waals surface area contributed by atoms with Crippen LogP contribution in [0.4, 0.5) is 14.5 Å². The van der Waals surface area contributed by atoms with Gasteiger partial charge in [0.25, 0.3) is 5.91 Å². The summed E-state index contributed by atoms with van der Waals surface area (Å²) in [6, 6.07) is 6.20. The van der Waals surface area contributed by atoms with Gasteiger partial charge in [0.2, 0.25) is 16.0 Å². The van der Waals surface area contributed by atoms with Gasteiger partial charge in [0.15, 0.2) is 0 Å². The first-order valence-corrected chi connectivity index (χ1v) is 16.2. The molecule has 1 aromatic heterocycles. The van der Waals surface area contributed by atoms with Crippen molar-refractivity contribution in [3.05, 3.63) is 72.1 Å². The lowest BCUT2D eigenvalue weighted by atomic mass is 9.71. The van der Waals surface area contributed by atoms with Crippen LogP contribution in [0.25, 0.3) is 0 Å². The molecule has 2 aliphatic rings. The molecule has 0 bridgehead atoms. The molecule has 0 saturated carbocycles. The van der Waals surface area contributed by atoms with Crippen molar-refractivity contribution in [3.63, 3.8) is 0 Å². The molecular formula is C31H41F2N5O4S. The van der Waals surface area contributed by atoms with E-state index in [2.05, 4.69) is 23.8 Å². The van der Waals surface area contributed by atoms with Crippen LogP contribution in [-0.2, 0) is 20.3 Å². The van der Waals surface area contributed by atoms with Gasteiger partial charge in [-0.25, -0.2) is 31.5 Å². The number of hydrogen-bond acceptors (Lipinski definition) is 7. The molecule has 1 saturated heterocycles. The minimum Gasteiger partial charge on any atom is -0.381 e. The molecule has 4 rings (SSSR count). The Morgan fingerprint density at radius 2 is 2.05 bits per heavy atom. The lowest BCUT2D eigenvalue weighted by molar-refractivity contribution is 0.102. The monoisotopic (exact) mass is 617 g/mol. The van der Waals surface area contributed by atoms with Crippen molar-refractivity contribution in [2.24, 2.45) is 22.6 Å². The van der Waals surface area contributed by atoms with Gasteiger partial charge >= 0.3 is 0 Å². The Hall–Kier alpha value is -3.38. The summed E-state index contributed by atoms with van der Waals surface area (Å²) in [4.78, 5) is 21.4. The normalized spacial score (nSPS) is 25.7. The summed E-state index contributed by atoms with van der Waals surface area (Å²) in [5.74, 6) is -1.60. The van der Waals surface area contributed by atoms with E-state index in [0.717, 1.165) is 48.5 Å². The first-order chi connectivity index (χ1) is 20.4. The smallest absolute Gasteiger partial charge is 0.274 e. The summed E-state index contributed by atoms with van der Waals surface area (Å²) in [6.45, 7) is 9.39. The number of nitrogens with zero attached hydrogens (tertiary/aromatic N) is 3. The Bertz CT molecular complexity index is 1460. The zero-order valence-electron chi connectivity index (χ0n) is 25.0. The highest BCUT2D eigenvalue weighted by molar-refractivity contribution is 7.91. The van der Waals surface area contributed by atoms with Gasteiger partial charge < -0.3 is 15.8 Å². The van der Waals surface area contributed by atoms with Gasteiger partial charge in [0, 0.05) is 31.5 Å². The molecule has 0 radical (unpaired) electrons. The fourth-order valence-electron chi connectivity index (χ4n) is 6.52. The van der Waals surface area contributed by atoms with Crippen LogP contribution >= 0.6 is 0 Å². The van der Waals surface area contributed by atoms with E-state index in [0.29, 0.717) is 25.4 Å². The summed E-state index contributed by atoms with van der Waals surface area (Å²) in [7, 11) is -2.83. The third kappa shape index (κ3) is 6.04. The van der Waals surface area contributed by atoms with Gasteiger partial charge in [0.1, 0.15) is 27.6 Å². The molecule has 0 spiro atoms. The van der Waals surface area contributed by atoms with Gasteiger partial charge in [-0.1, -0.05) is 32.8 Å². The summed E-state index contributed by atoms with van der Waals surface area (Å²) in [5, 5.41) is 2.65. The number of nitrogens with two attached hydrogens (primary N) is 1. The molecule has 2 aromatic rings. The van der Waals surface area contributed by atoms with Crippen molar-refractivity contribution in [1.29, 1.82) is 0 Å². The summed E-state index contributed by atoms with van der Waals surface area (Å²) in [6.07, 6.45) is 6.44. The molecule has 1 aromatic carbocycles. The number of rotatable bonds is 12. The summed E-state index contributed by atoms with van der Waals surface area (Å²) < 4.78 is 63.2. The molecule has 2 aliphatic heterocycles. The lowest BCUT2D eigenvalue weighted by Gasteiger charge is -2.51. The number of amides is 1. The largest absolute Gasteiger partial charge is 0.381 e. The molecule has 0 aliphatic carbocycles. The summed E-state index contributed by atoms with van der Waals surface area (Å²) in [5.41, 5.74) is 4.47. The number of benzene rings is 1. The number of ether oxygens (including phenoxy) is 1. The number of carbonyl (C=O) groups is 1. The number of aliphatic imine (C=N–C) groups is 1. The quantitative estimate of drug-likeness (QED) is 0.309. The number of anilines is 1. The highest BCUT2D eigenvalue weighted by Crippen LogP contribution is 2.54. The topological polar surface area (TPSA) is 127 Å². The van der Waals surface area contributed by atoms with Crippen LogP contribution in [0.5, 0.6) is 0 Å². The maximum Gasteiger partial charge on any atom is 0.274 e. The molecular weight excluding hydrogens is 576 g/mol. The van der Waals surface area contributed by atoms with E-state index in [1.165, 1.54) is 31.3 Å². The minimum atomic E-state index is -4.19. The first-order valence-electron chi connectivity index (χ1n) is 14.7. The Morgan fingerprint density at radius 3 is 2.65 bits per heavy atom. The second-order valence-corrected chi connectivity index (χ2v) is 13.7. The molecule has 9 nitrogen and oxygen atoms in total. The van der Waals surface area contributed by atoms with Crippen LogP contribution in [0, 0.1) is 23.5 Å². The van der Waals surface area contributed by atoms with Crippen LogP contribution < -0.4 is 11.1 Å². The number of pyridine rings is 1. The second-order valence-electron chi connectivity index (χ2n) is 11.4. The van der Waals surface area contributed by atoms with E-state index < -0.39 is 37.9 Å². The zero-order chi connectivity index (χ0) is 31.4. The molecule has 1 amide bonds. The van der Waals surface area contributed by atoms with E-state index >= 15 is 4.39 Å². The SMILES string of the molecule is C=CC1(c2cc(NC(=O)c3ccc(F)cn3)ccc2F)N=C(N)N(C)S(=O)(=O)C1(CCC)CCC(CC)CC1CCOC1. The molecule has 4 atom stereocenters. The van der Waals surface area contributed by atoms with Crippen molar-refractivity contribution in [2.45, 2.75) is 69.1 Å². The van der Waals surface area contributed by atoms with Gasteiger partial charge in [-0.2, -0.15) is 0 Å². The van der Waals surface area contributed by atoms with Crippen molar-refractivity contribution in [2.75, 3.05) is 25.6 Å². The van der Waals surface area contributed by atoms with Crippen LogP contribution in [0.3, 0.4) is 0 Å². The van der Waals surface area contributed by atoms with Crippen LogP contribution in [0.15, 0.2) is 54.2 Å². The van der Waals surface area contributed by atoms with E-state index in [4.69, 9.17) is 15.5 Å². The highest BCUT2D eigenvalue weighted by Gasteiger charge is 2.63. The number of hydrogen-bond donors (Lipinski definition) is 2. The van der Waals surface area contributed by atoms with Gasteiger partial charge in [-0.3, -0.25) is 4.79 Å². The van der Waals surface area contributed by atoms with Gasteiger partial charge in [0.05, 0.1) is 6.20 Å². The number of guanidine groups is 1. The number of nitrogens with one attached hydrogen (secondary N) is 1. The molecule has 4 unspecified atom stereocenters. The predicted octanol–water partition coefficient (Wildman–Crippen LogP) is 5.36. The van der Waals surface area contributed by atoms with E-state index in [9.17, 15) is 17.6 Å². The third-order valence-corrected chi connectivity index (χ3v) is 11.5. The van der Waals surface area contributed by atoms with E-state index in [1.807, 2.05) is 6.92 Å². The minimum absolute atomic E-state index is 0.0477. The van der Waals surface area contributed by atoms with Crippen LogP contribution in [0.2, 0.25) is 0 Å². The van der Waals surface area contributed by atoms with Gasteiger partial charge in [-0.05, 0) is 74.3 Å². The summed E-state index contributed by atoms with van der Waals surface area (Å²) >= 11 is 0. The zero-order valence-corrected chi connectivity index (χ0v) is 25.8. The average molecular weight is 618 g/mol. The maximum atomic E-state index is 15.9. The Morgan fingerprint density at radius 1 is 1.28 bits per heavy atom. The Balaban J connectivity index is 1.82. The lowest BCUT2D eigenvalue weighted by Crippen LogP contribution is -2.65. The predicted molar refractivity (Wildman–Crippen MR) is 163 cm³/mol. The Kier molecular flexibility index (Phi) is 9.90. The molecule has 1 fully saturated rings. The van der Waals surface area contributed by atoms with E-state index in [1.54, 1.807) is 0 Å². The number of carbonyl (C=O) groups excluding carboxylic acids is 1. The first kappa shape index (κ1) is 32.5. The fraction of sp³-hybridized carbons (Fsp3) is 0.516. The number of halogens is 2. The molecule has 12 heteroatoms. The molecule has 3 heterocycles. The third-order valence-electron chi connectivity index (χ3n) is 8.93. The molecule has 234 valence electrons. The highest BCUT2D eigenvalue weighted by atomic mass is 32.2. The van der Waals surface area contributed by atoms with Crippen LogP contribution in [0.1, 0.15) is 74.8 Å². The second kappa shape index (κ2) is 13.1. The van der Waals surface area contributed by atoms with Crippen LogP contribution in [-0.4, -0.2) is 54.6 Å². The Labute approximate surface area is 252 Å². The fourth-order valence-corrected chi connectivity index (χ4v) is 8.80. The van der Waals surface area contributed by atoms with Gasteiger partial charge in [-0.15, -0.1) is 6.58 Å². The number of sulfonamides is 1. The average Bonchev–Trinajstić information content (AvgIpc) is 3.50. The van der Waals surface area contributed by atoms with E-state index in [-0.39, 0.29) is 41.7 Å². The van der Waals surface area contributed by atoms with Crippen molar-refractivity contribution in [1.82, 2.24) is 9.29 Å². The van der Waals surface area contributed by atoms with Crippen molar-refractivity contribution in [3.8, 4) is 0 Å². The number of aromatic nitrogens is 1. The molecule has 43 heavy (non-hydrogen) atoms. The van der Waals surface area contributed by atoms with Crippen molar-refractivity contribution < 1.29 is 26.7 Å². The standard InChI is InChI=1S/C31H41F2N5O4S/c1-5-14-30(15-12-21(6-2)17-22-13-16-42-20-22)31(7-3,37-29(34)38(4)43(30,40)41)25-18-24(9-10-26(25)33)36-28(39)27-11-8-23(32)19-35-27/h7-11,18-19,21-22H,3,5-6,12-17,20H2,1-2,4H3,(H2,34,37)(H,36,39). The molecule has 3 N–H and O–H groups in total. The maximum absolute atomic E-state index is 15.9.